The second-order valence-corrected chi connectivity index (χ2v) is 4.99. The Morgan fingerprint density at radius 3 is 2.40 bits per heavy atom. The van der Waals surface area contributed by atoms with E-state index in [2.05, 4.69) is 10.1 Å². The van der Waals surface area contributed by atoms with Crippen molar-refractivity contribution < 1.29 is 32.2 Å². The maximum absolute atomic E-state index is 12.2. The van der Waals surface area contributed by atoms with Gasteiger partial charge in [-0.05, 0) is 29.8 Å². The highest BCUT2D eigenvalue weighted by Crippen LogP contribution is 2.28. The molecule has 0 bridgehead atoms. The number of alkyl halides is 3. The zero-order chi connectivity index (χ0) is 18.4. The molecule has 0 aromatic heterocycles. The van der Waals surface area contributed by atoms with Crippen molar-refractivity contribution in [3.8, 4) is 17.2 Å². The topological polar surface area (TPSA) is 56.8 Å². The van der Waals surface area contributed by atoms with Gasteiger partial charge in [-0.25, -0.2) is 0 Å². The molecule has 2 aromatic carbocycles. The Morgan fingerprint density at radius 2 is 1.76 bits per heavy atom. The number of rotatable bonds is 6. The average molecular weight is 355 g/mol. The van der Waals surface area contributed by atoms with Crippen LogP contribution in [0, 0.1) is 0 Å². The van der Waals surface area contributed by atoms with E-state index in [4.69, 9.17) is 9.47 Å². The fraction of sp³-hybridized carbons (Fsp3) is 0.235. The SMILES string of the molecule is COc1ccc(CC(=O)Nc2cccc(OC(F)(F)F)c2)cc1OC. The van der Waals surface area contributed by atoms with E-state index in [9.17, 15) is 18.0 Å². The highest BCUT2D eigenvalue weighted by atomic mass is 19.4. The third-order valence-corrected chi connectivity index (χ3v) is 3.16. The van der Waals surface area contributed by atoms with Crippen molar-refractivity contribution in [2.45, 2.75) is 12.8 Å². The average Bonchev–Trinajstić information content (AvgIpc) is 2.53. The normalized spacial score (nSPS) is 10.9. The van der Waals surface area contributed by atoms with E-state index >= 15 is 0 Å². The summed E-state index contributed by atoms with van der Waals surface area (Å²) in [7, 11) is 2.98. The molecular weight excluding hydrogens is 339 g/mol. The molecule has 0 saturated carbocycles. The summed E-state index contributed by atoms with van der Waals surface area (Å²) in [4.78, 5) is 12.1. The third kappa shape index (κ3) is 5.59. The zero-order valence-electron chi connectivity index (χ0n) is 13.5. The van der Waals surface area contributed by atoms with Crippen molar-refractivity contribution in [1.82, 2.24) is 0 Å². The quantitative estimate of drug-likeness (QED) is 0.857. The molecule has 0 radical (unpaired) electrons. The number of amides is 1. The maximum Gasteiger partial charge on any atom is 0.573 e. The summed E-state index contributed by atoms with van der Waals surface area (Å²) in [5.41, 5.74) is 0.866. The van der Waals surface area contributed by atoms with Crippen LogP contribution in [0.3, 0.4) is 0 Å². The fourth-order valence-corrected chi connectivity index (χ4v) is 2.15. The van der Waals surface area contributed by atoms with Crippen LogP contribution >= 0.6 is 0 Å². The van der Waals surface area contributed by atoms with E-state index in [0.717, 1.165) is 12.1 Å². The summed E-state index contributed by atoms with van der Waals surface area (Å²) in [5, 5.41) is 2.52. The van der Waals surface area contributed by atoms with Gasteiger partial charge in [-0.1, -0.05) is 12.1 Å². The first kappa shape index (κ1) is 18.4. The predicted molar refractivity (Wildman–Crippen MR) is 85.0 cm³/mol. The van der Waals surface area contributed by atoms with Gasteiger partial charge in [0.1, 0.15) is 5.75 Å². The van der Waals surface area contributed by atoms with Crippen LogP contribution in [-0.4, -0.2) is 26.5 Å². The number of benzene rings is 2. The van der Waals surface area contributed by atoms with Gasteiger partial charge in [0.15, 0.2) is 11.5 Å². The molecule has 2 aromatic rings. The first-order valence-corrected chi connectivity index (χ1v) is 7.17. The lowest BCUT2D eigenvalue weighted by Gasteiger charge is -2.11. The minimum Gasteiger partial charge on any atom is -0.493 e. The van der Waals surface area contributed by atoms with Gasteiger partial charge in [0, 0.05) is 11.8 Å². The molecule has 8 heteroatoms. The Labute approximate surface area is 142 Å². The molecule has 0 saturated heterocycles. The van der Waals surface area contributed by atoms with Crippen LogP contribution in [0.4, 0.5) is 18.9 Å². The largest absolute Gasteiger partial charge is 0.573 e. The van der Waals surface area contributed by atoms with Crippen LogP contribution in [0.5, 0.6) is 17.2 Å². The van der Waals surface area contributed by atoms with E-state index in [1.54, 1.807) is 18.2 Å². The first-order chi connectivity index (χ1) is 11.8. The highest BCUT2D eigenvalue weighted by Gasteiger charge is 2.31. The van der Waals surface area contributed by atoms with Crippen LogP contribution < -0.4 is 19.5 Å². The van der Waals surface area contributed by atoms with E-state index in [0.29, 0.717) is 17.1 Å². The Hall–Kier alpha value is -2.90. The molecule has 0 unspecified atom stereocenters. The molecule has 25 heavy (non-hydrogen) atoms. The second-order valence-electron chi connectivity index (χ2n) is 4.99. The number of hydrogen-bond acceptors (Lipinski definition) is 4. The van der Waals surface area contributed by atoms with Gasteiger partial charge in [-0.2, -0.15) is 0 Å². The van der Waals surface area contributed by atoms with Crippen LogP contribution in [0.25, 0.3) is 0 Å². The number of ether oxygens (including phenoxy) is 3. The summed E-state index contributed by atoms with van der Waals surface area (Å²) in [5.74, 6) is 0.213. The van der Waals surface area contributed by atoms with Gasteiger partial charge < -0.3 is 19.5 Å². The monoisotopic (exact) mass is 355 g/mol. The van der Waals surface area contributed by atoms with Crippen molar-refractivity contribution in [3.05, 3.63) is 48.0 Å². The van der Waals surface area contributed by atoms with Crippen molar-refractivity contribution in [3.63, 3.8) is 0 Å². The Balaban J connectivity index is 2.04. The molecule has 5 nitrogen and oxygen atoms in total. The molecule has 1 amide bonds. The fourth-order valence-electron chi connectivity index (χ4n) is 2.15. The van der Waals surface area contributed by atoms with Gasteiger partial charge in [-0.15, -0.1) is 13.2 Å². The van der Waals surface area contributed by atoms with Gasteiger partial charge >= 0.3 is 6.36 Å². The maximum atomic E-state index is 12.2. The van der Waals surface area contributed by atoms with Crippen molar-refractivity contribution >= 4 is 11.6 Å². The van der Waals surface area contributed by atoms with Gasteiger partial charge in [-0.3, -0.25) is 4.79 Å². The number of halogens is 3. The van der Waals surface area contributed by atoms with Crippen LogP contribution in [0.15, 0.2) is 42.5 Å². The summed E-state index contributed by atoms with van der Waals surface area (Å²) in [6.45, 7) is 0. The van der Waals surface area contributed by atoms with E-state index in [-0.39, 0.29) is 12.1 Å². The molecule has 0 atom stereocenters. The molecule has 2 rings (SSSR count). The molecular formula is C17H16F3NO4. The molecule has 0 aliphatic carbocycles. The molecule has 1 N–H and O–H groups in total. The first-order valence-electron chi connectivity index (χ1n) is 7.17. The highest BCUT2D eigenvalue weighted by molar-refractivity contribution is 5.92. The predicted octanol–water partition coefficient (Wildman–Crippen LogP) is 3.78. The number of anilines is 1. The van der Waals surface area contributed by atoms with Crippen LogP contribution in [-0.2, 0) is 11.2 Å². The number of nitrogens with one attached hydrogen (secondary N) is 1. The number of carbonyl (C=O) groups excluding carboxylic acids is 1. The van der Waals surface area contributed by atoms with E-state index < -0.39 is 18.0 Å². The molecule has 0 heterocycles. The molecule has 0 aliphatic rings. The van der Waals surface area contributed by atoms with Crippen LogP contribution in [0.1, 0.15) is 5.56 Å². The summed E-state index contributed by atoms with van der Waals surface area (Å²) < 4.78 is 50.8. The molecule has 0 spiro atoms. The zero-order valence-corrected chi connectivity index (χ0v) is 13.5. The lowest BCUT2D eigenvalue weighted by molar-refractivity contribution is -0.274. The van der Waals surface area contributed by atoms with Crippen molar-refractivity contribution in [2.24, 2.45) is 0 Å². The lowest BCUT2D eigenvalue weighted by atomic mass is 10.1. The minimum atomic E-state index is -4.79. The Morgan fingerprint density at radius 1 is 1.04 bits per heavy atom. The Kier molecular flexibility index (Phi) is 5.74. The van der Waals surface area contributed by atoms with Gasteiger partial charge in [0.05, 0.1) is 20.6 Å². The number of hydrogen-bond donors (Lipinski definition) is 1. The van der Waals surface area contributed by atoms with Gasteiger partial charge in [0.2, 0.25) is 5.91 Å². The second kappa shape index (κ2) is 7.78. The van der Waals surface area contributed by atoms with Crippen molar-refractivity contribution in [2.75, 3.05) is 19.5 Å². The Bertz CT molecular complexity index is 747. The van der Waals surface area contributed by atoms with Gasteiger partial charge in [0.25, 0.3) is 0 Å². The third-order valence-electron chi connectivity index (χ3n) is 3.16. The number of methoxy groups -OCH3 is 2. The van der Waals surface area contributed by atoms with E-state index in [1.807, 2.05) is 0 Å². The summed E-state index contributed by atoms with van der Waals surface area (Å²) >= 11 is 0. The molecule has 134 valence electrons. The lowest BCUT2D eigenvalue weighted by Crippen LogP contribution is -2.18. The standard InChI is InChI=1S/C17H16F3NO4/c1-23-14-7-6-11(8-15(14)24-2)9-16(22)21-12-4-3-5-13(10-12)25-17(18,19)20/h3-8,10H,9H2,1-2H3,(H,21,22). The smallest absolute Gasteiger partial charge is 0.493 e. The summed E-state index contributed by atoms with van der Waals surface area (Å²) in [6.07, 6.45) is -4.77. The molecule has 0 fully saturated rings. The van der Waals surface area contributed by atoms with Crippen molar-refractivity contribution in [1.29, 1.82) is 0 Å². The summed E-state index contributed by atoms with van der Waals surface area (Å²) in [6, 6.07) is 10.1. The number of carbonyl (C=O) groups is 1. The van der Waals surface area contributed by atoms with Crippen LogP contribution in [0.2, 0.25) is 0 Å². The van der Waals surface area contributed by atoms with E-state index in [1.165, 1.54) is 26.4 Å². The minimum absolute atomic E-state index is 0.0186. The molecule has 0 aliphatic heterocycles.